The van der Waals surface area contributed by atoms with Crippen molar-refractivity contribution in [3.63, 3.8) is 0 Å². The summed E-state index contributed by atoms with van der Waals surface area (Å²) in [6.07, 6.45) is 3.00. The molecule has 1 aromatic carbocycles. The zero-order valence-electron chi connectivity index (χ0n) is 13.6. The number of anilines is 1. The lowest BCUT2D eigenvalue weighted by Crippen LogP contribution is -2.29. The van der Waals surface area contributed by atoms with Gasteiger partial charge in [-0.15, -0.1) is 0 Å². The van der Waals surface area contributed by atoms with Crippen molar-refractivity contribution in [2.75, 3.05) is 5.32 Å². The second-order valence-electron chi connectivity index (χ2n) is 6.83. The maximum absolute atomic E-state index is 12.2. The van der Waals surface area contributed by atoms with Gasteiger partial charge in [0.25, 0.3) is 0 Å². The van der Waals surface area contributed by atoms with Crippen LogP contribution in [0.15, 0.2) is 12.1 Å². The first-order valence-corrected chi connectivity index (χ1v) is 8.31. The molecule has 1 aliphatic rings. The molecule has 1 heterocycles. The summed E-state index contributed by atoms with van der Waals surface area (Å²) >= 11 is 6.16. The Hall–Kier alpha value is -2.10. The first-order chi connectivity index (χ1) is 11.3. The summed E-state index contributed by atoms with van der Waals surface area (Å²) in [6, 6.07) is 5.72. The predicted molar refractivity (Wildman–Crippen MR) is 91.9 cm³/mol. The number of rotatable bonds is 4. The average Bonchev–Trinajstić information content (AvgIpc) is 2.73. The summed E-state index contributed by atoms with van der Waals surface area (Å²) in [4.78, 5) is 16.7. The van der Waals surface area contributed by atoms with Gasteiger partial charge in [0, 0.05) is 6.04 Å². The Balaban J connectivity index is 2.08. The SMILES string of the molecule is CC(C)(O)CC(=O)Nc1nc2ccc(Cl)c(C#N)c2n1C1CCC1. The molecule has 0 radical (unpaired) electrons. The third kappa shape index (κ3) is 3.10. The van der Waals surface area contributed by atoms with Gasteiger partial charge in [0.15, 0.2) is 0 Å². The van der Waals surface area contributed by atoms with Gasteiger partial charge in [0.1, 0.15) is 6.07 Å². The minimum atomic E-state index is -1.10. The quantitative estimate of drug-likeness (QED) is 0.887. The van der Waals surface area contributed by atoms with Gasteiger partial charge in [-0.2, -0.15) is 5.26 Å². The van der Waals surface area contributed by atoms with Crippen LogP contribution in [-0.2, 0) is 4.79 Å². The number of carbonyl (C=O) groups is 1. The highest BCUT2D eigenvalue weighted by Crippen LogP contribution is 2.39. The molecule has 0 aliphatic heterocycles. The number of hydrogen-bond acceptors (Lipinski definition) is 4. The minimum absolute atomic E-state index is 0.0350. The fourth-order valence-electron chi connectivity index (χ4n) is 2.92. The predicted octanol–water partition coefficient (Wildman–Crippen LogP) is 3.39. The summed E-state index contributed by atoms with van der Waals surface area (Å²) in [5, 5.41) is 22.4. The largest absolute Gasteiger partial charge is 0.390 e. The first-order valence-electron chi connectivity index (χ1n) is 7.93. The van der Waals surface area contributed by atoms with Crippen molar-refractivity contribution >= 4 is 34.5 Å². The zero-order chi connectivity index (χ0) is 17.5. The van der Waals surface area contributed by atoms with Crippen LogP contribution in [0.1, 0.15) is 51.1 Å². The highest BCUT2D eigenvalue weighted by atomic mass is 35.5. The molecule has 1 aromatic heterocycles. The number of nitrogens with zero attached hydrogens (tertiary/aromatic N) is 3. The van der Waals surface area contributed by atoms with Crippen LogP contribution >= 0.6 is 11.6 Å². The van der Waals surface area contributed by atoms with E-state index in [1.807, 2.05) is 4.57 Å². The minimum Gasteiger partial charge on any atom is -0.390 e. The molecule has 24 heavy (non-hydrogen) atoms. The lowest BCUT2D eigenvalue weighted by atomic mass is 9.92. The average molecular weight is 347 g/mol. The van der Waals surface area contributed by atoms with Gasteiger partial charge in [0.2, 0.25) is 11.9 Å². The van der Waals surface area contributed by atoms with Gasteiger partial charge in [-0.3, -0.25) is 10.1 Å². The first kappa shape index (κ1) is 16.7. The van der Waals surface area contributed by atoms with Crippen molar-refractivity contribution < 1.29 is 9.90 Å². The third-order valence-electron chi connectivity index (χ3n) is 4.20. The van der Waals surface area contributed by atoms with Crippen LogP contribution in [0.3, 0.4) is 0 Å². The van der Waals surface area contributed by atoms with Crippen LogP contribution in [-0.4, -0.2) is 26.2 Å². The van der Waals surface area contributed by atoms with Gasteiger partial charge in [-0.1, -0.05) is 11.6 Å². The van der Waals surface area contributed by atoms with E-state index in [1.165, 1.54) is 0 Å². The molecule has 0 atom stereocenters. The molecule has 2 aromatic rings. The van der Waals surface area contributed by atoms with Gasteiger partial charge in [-0.25, -0.2) is 4.98 Å². The Bertz CT molecular complexity index is 841. The molecule has 6 nitrogen and oxygen atoms in total. The van der Waals surface area contributed by atoms with Crippen LogP contribution in [0, 0.1) is 11.3 Å². The zero-order valence-corrected chi connectivity index (χ0v) is 14.4. The number of aromatic nitrogens is 2. The van der Waals surface area contributed by atoms with E-state index in [2.05, 4.69) is 16.4 Å². The van der Waals surface area contributed by atoms with Crippen LogP contribution < -0.4 is 5.32 Å². The van der Waals surface area contributed by atoms with Crippen molar-refractivity contribution in [3.05, 3.63) is 22.7 Å². The van der Waals surface area contributed by atoms with E-state index in [9.17, 15) is 15.2 Å². The number of nitriles is 1. The van der Waals surface area contributed by atoms with E-state index in [4.69, 9.17) is 11.6 Å². The summed E-state index contributed by atoms with van der Waals surface area (Å²) in [7, 11) is 0. The highest BCUT2D eigenvalue weighted by molar-refractivity contribution is 6.32. The van der Waals surface area contributed by atoms with Crippen LogP contribution in [0.2, 0.25) is 5.02 Å². The van der Waals surface area contributed by atoms with Crippen LogP contribution in [0.4, 0.5) is 5.95 Å². The molecule has 2 N–H and O–H groups in total. The molecule has 126 valence electrons. The number of halogens is 1. The van der Waals surface area contributed by atoms with E-state index >= 15 is 0 Å². The molecule has 0 saturated heterocycles. The number of aliphatic hydroxyl groups is 1. The smallest absolute Gasteiger partial charge is 0.229 e. The molecule has 1 amide bonds. The number of imidazole rings is 1. The van der Waals surface area contributed by atoms with Crippen molar-refractivity contribution in [1.82, 2.24) is 9.55 Å². The fraction of sp³-hybridized carbons (Fsp3) is 0.471. The van der Waals surface area contributed by atoms with Gasteiger partial charge >= 0.3 is 0 Å². The Labute approximate surface area is 145 Å². The van der Waals surface area contributed by atoms with Crippen LogP contribution in [0.5, 0.6) is 0 Å². The van der Waals surface area contributed by atoms with E-state index in [0.717, 1.165) is 19.3 Å². The molecule has 1 aliphatic carbocycles. The van der Waals surface area contributed by atoms with E-state index < -0.39 is 5.60 Å². The lowest BCUT2D eigenvalue weighted by molar-refractivity contribution is -0.119. The van der Waals surface area contributed by atoms with Crippen molar-refractivity contribution in [2.45, 2.75) is 51.2 Å². The standard InChI is InChI=1S/C17H19ClN4O2/c1-17(2,24)8-14(23)21-16-20-13-7-6-12(18)11(9-19)15(13)22(16)10-4-3-5-10/h6-7,10,24H,3-5,8H2,1-2H3,(H,20,21,23). The molecule has 1 saturated carbocycles. The molecular formula is C17H19ClN4O2. The number of benzene rings is 1. The fourth-order valence-corrected chi connectivity index (χ4v) is 3.11. The summed E-state index contributed by atoms with van der Waals surface area (Å²) < 4.78 is 1.91. The second-order valence-corrected chi connectivity index (χ2v) is 7.24. The number of fused-ring (bicyclic) bond motifs is 1. The van der Waals surface area contributed by atoms with E-state index in [-0.39, 0.29) is 18.4 Å². The molecular weight excluding hydrogens is 328 g/mol. The lowest BCUT2D eigenvalue weighted by Gasteiger charge is -2.29. The maximum Gasteiger partial charge on any atom is 0.229 e. The van der Waals surface area contributed by atoms with Crippen molar-refractivity contribution in [1.29, 1.82) is 5.26 Å². The van der Waals surface area contributed by atoms with Gasteiger partial charge in [0.05, 0.1) is 33.6 Å². The van der Waals surface area contributed by atoms with Crippen molar-refractivity contribution in [2.24, 2.45) is 0 Å². The Morgan fingerprint density at radius 1 is 1.54 bits per heavy atom. The topological polar surface area (TPSA) is 90.9 Å². The van der Waals surface area contributed by atoms with E-state index in [0.29, 0.717) is 27.6 Å². The second kappa shape index (κ2) is 6.08. The van der Waals surface area contributed by atoms with Crippen LogP contribution in [0.25, 0.3) is 11.0 Å². The summed E-state index contributed by atoms with van der Waals surface area (Å²) in [5.41, 5.74) is 0.560. The van der Waals surface area contributed by atoms with E-state index in [1.54, 1.807) is 26.0 Å². The van der Waals surface area contributed by atoms with Crippen molar-refractivity contribution in [3.8, 4) is 6.07 Å². The molecule has 3 rings (SSSR count). The number of amides is 1. The van der Waals surface area contributed by atoms with Gasteiger partial charge < -0.3 is 9.67 Å². The normalized spacial score (nSPS) is 15.1. The van der Waals surface area contributed by atoms with Gasteiger partial charge in [-0.05, 0) is 45.2 Å². The molecule has 0 spiro atoms. The molecule has 7 heteroatoms. The molecule has 1 fully saturated rings. The maximum atomic E-state index is 12.2. The summed E-state index contributed by atoms with van der Waals surface area (Å²) in [6.45, 7) is 3.16. The number of hydrogen-bond donors (Lipinski definition) is 2. The Morgan fingerprint density at radius 3 is 2.79 bits per heavy atom. The number of carbonyl (C=O) groups excluding carboxylic acids is 1. The number of nitrogens with one attached hydrogen (secondary N) is 1. The molecule has 0 unspecified atom stereocenters. The third-order valence-corrected chi connectivity index (χ3v) is 4.51. The summed E-state index contributed by atoms with van der Waals surface area (Å²) in [5.74, 6) is 0.0886. The highest BCUT2D eigenvalue weighted by Gasteiger charge is 2.28. The Kier molecular flexibility index (Phi) is 4.24. The molecule has 0 bridgehead atoms. The Morgan fingerprint density at radius 2 is 2.25 bits per heavy atom. The monoisotopic (exact) mass is 346 g/mol.